The number of fused-ring (bicyclic) bond motifs is 5. The Morgan fingerprint density at radius 1 is 1.13 bits per heavy atom. The van der Waals surface area contributed by atoms with E-state index in [-0.39, 0.29) is 17.1 Å². The van der Waals surface area contributed by atoms with Gasteiger partial charge in [0, 0.05) is 11.8 Å². The first kappa shape index (κ1) is 15.4. The van der Waals surface area contributed by atoms with Gasteiger partial charge in [0.2, 0.25) is 0 Å². The fourth-order valence-corrected chi connectivity index (χ4v) is 6.44. The number of carbonyl (C=O) groups excluding carboxylic acids is 1. The van der Waals surface area contributed by atoms with E-state index in [0.717, 1.165) is 37.7 Å². The molecule has 2 N–H and O–H groups in total. The number of carbonyl (C=O) groups is 1. The Bertz CT molecular complexity index is 629. The van der Waals surface area contributed by atoms with E-state index >= 15 is 0 Å². The topological polar surface area (TPSA) is 57.5 Å². The summed E-state index contributed by atoms with van der Waals surface area (Å²) in [7, 11) is 0. The third-order valence-electron chi connectivity index (χ3n) is 7.83. The normalized spacial score (nSPS) is 52.0. The summed E-state index contributed by atoms with van der Waals surface area (Å²) in [6, 6.07) is 0. The molecule has 0 heterocycles. The Morgan fingerprint density at radius 3 is 2.61 bits per heavy atom. The maximum atomic E-state index is 11.7. The van der Waals surface area contributed by atoms with Crippen LogP contribution in [-0.4, -0.2) is 27.2 Å². The first-order chi connectivity index (χ1) is 10.8. The number of rotatable bonds is 0. The summed E-state index contributed by atoms with van der Waals surface area (Å²) in [5.74, 6) is 3.85. The standard InChI is InChI=1S/C20H26O3/c1-3-19(22)10-8-16-15-5-4-13-12-14(21)6-11-20(13,23)17(15)7-9-18(16,19)2/h1,12,15-17,22-23H,4-11H2,2H3/t15-,16-,17-,18-,19-,20?/m0/s1. The summed E-state index contributed by atoms with van der Waals surface area (Å²) in [6.07, 6.45) is 13.6. The van der Waals surface area contributed by atoms with Gasteiger partial charge in [-0.1, -0.05) is 12.8 Å². The highest BCUT2D eigenvalue weighted by Gasteiger charge is 2.64. The van der Waals surface area contributed by atoms with Gasteiger partial charge in [-0.15, -0.1) is 6.42 Å². The van der Waals surface area contributed by atoms with Crippen LogP contribution in [0, 0.1) is 35.5 Å². The van der Waals surface area contributed by atoms with Crippen molar-refractivity contribution >= 4 is 5.78 Å². The van der Waals surface area contributed by atoms with Gasteiger partial charge in [0.1, 0.15) is 5.60 Å². The summed E-state index contributed by atoms with van der Waals surface area (Å²) >= 11 is 0. The number of terminal acetylenes is 1. The van der Waals surface area contributed by atoms with Crippen LogP contribution < -0.4 is 0 Å². The van der Waals surface area contributed by atoms with Crippen LogP contribution in [0.2, 0.25) is 0 Å². The van der Waals surface area contributed by atoms with E-state index in [0.29, 0.717) is 31.1 Å². The van der Waals surface area contributed by atoms with E-state index in [2.05, 4.69) is 12.8 Å². The van der Waals surface area contributed by atoms with Crippen molar-refractivity contribution in [3.05, 3.63) is 11.6 Å². The SMILES string of the molecule is C#C[C@]1(O)CC[C@H]2[C@@H]3CCC4=CC(=O)CCC4(O)[C@H]3CC[C@@]21C. The molecular formula is C20H26O3. The van der Waals surface area contributed by atoms with E-state index in [9.17, 15) is 15.0 Å². The minimum Gasteiger partial charge on any atom is -0.385 e. The molecule has 0 aromatic heterocycles. The molecule has 0 radical (unpaired) electrons. The highest BCUT2D eigenvalue weighted by Crippen LogP contribution is 2.65. The number of hydrogen-bond donors (Lipinski definition) is 2. The molecule has 4 aliphatic carbocycles. The second-order valence-corrected chi connectivity index (χ2v) is 8.48. The van der Waals surface area contributed by atoms with Crippen molar-refractivity contribution in [2.75, 3.05) is 0 Å². The second kappa shape index (κ2) is 4.71. The minimum absolute atomic E-state index is 0.159. The van der Waals surface area contributed by atoms with Crippen LogP contribution in [0.5, 0.6) is 0 Å². The summed E-state index contributed by atoms with van der Waals surface area (Å²) in [4.78, 5) is 11.7. The zero-order chi connectivity index (χ0) is 16.5. The molecule has 124 valence electrons. The molecule has 23 heavy (non-hydrogen) atoms. The maximum absolute atomic E-state index is 11.7. The molecule has 3 nitrogen and oxygen atoms in total. The van der Waals surface area contributed by atoms with Gasteiger partial charge in [-0.3, -0.25) is 4.79 Å². The fraction of sp³-hybridized carbons (Fsp3) is 0.750. The first-order valence-electron chi connectivity index (χ1n) is 9.00. The van der Waals surface area contributed by atoms with Crippen molar-refractivity contribution in [3.63, 3.8) is 0 Å². The molecule has 4 rings (SSSR count). The van der Waals surface area contributed by atoms with E-state index in [1.807, 2.05) is 0 Å². The Balaban J connectivity index is 1.70. The molecular weight excluding hydrogens is 288 g/mol. The lowest BCUT2D eigenvalue weighted by Crippen LogP contribution is -2.57. The lowest BCUT2D eigenvalue weighted by atomic mass is 9.49. The molecule has 1 unspecified atom stereocenters. The van der Waals surface area contributed by atoms with Crippen molar-refractivity contribution in [3.8, 4) is 12.3 Å². The van der Waals surface area contributed by atoms with Crippen LogP contribution in [-0.2, 0) is 4.79 Å². The summed E-state index contributed by atoms with van der Waals surface area (Å²) in [5, 5.41) is 22.3. The first-order valence-corrected chi connectivity index (χ1v) is 9.00. The molecule has 6 atom stereocenters. The zero-order valence-corrected chi connectivity index (χ0v) is 13.8. The van der Waals surface area contributed by atoms with Crippen LogP contribution in [0.25, 0.3) is 0 Å². The summed E-state index contributed by atoms with van der Waals surface area (Å²) < 4.78 is 0. The third kappa shape index (κ3) is 1.83. The quantitative estimate of drug-likeness (QED) is 0.676. The van der Waals surface area contributed by atoms with Crippen LogP contribution >= 0.6 is 0 Å². The molecule has 0 spiro atoms. The van der Waals surface area contributed by atoms with Gasteiger partial charge in [0.15, 0.2) is 5.78 Å². The lowest BCUT2D eigenvalue weighted by Gasteiger charge is -2.57. The van der Waals surface area contributed by atoms with Gasteiger partial charge < -0.3 is 10.2 Å². The molecule has 0 amide bonds. The Labute approximate surface area is 138 Å². The van der Waals surface area contributed by atoms with E-state index in [4.69, 9.17) is 6.42 Å². The zero-order valence-electron chi connectivity index (χ0n) is 13.8. The predicted octanol–water partition coefficient (Wildman–Crippen LogP) is 2.61. The van der Waals surface area contributed by atoms with Gasteiger partial charge in [0.25, 0.3) is 0 Å². The van der Waals surface area contributed by atoms with E-state index in [1.54, 1.807) is 6.08 Å². The van der Waals surface area contributed by atoms with Gasteiger partial charge in [-0.2, -0.15) is 0 Å². The van der Waals surface area contributed by atoms with E-state index in [1.165, 1.54) is 0 Å². The van der Waals surface area contributed by atoms with E-state index < -0.39 is 11.2 Å². The van der Waals surface area contributed by atoms with Crippen LogP contribution in [0.4, 0.5) is 0 Å². The van der Waals surface area contributed by atoms with Crippen LogP contribution in [0.1, 0.15) is 58.3 Å². The molecule has 0 aromatic rings. The Kier molecular flexibility index (Phi) is 3.16. The van der Waals surface area contributed by atoms with Crippen molar-refractivity contribution in [2.45, 2.75) is 69.5 Å². The molecule has 0 aromatic carbocycles. The molecule has 3 fully saturated rings. The van der Waals surface area contributed by atoms with Crippen molar-refractivity contribution < 1.29 is 15.0 Å². The highest BCUT2D eigenvalue weighted by molar-refractivity contribution is 5.92. The minimum atomic E-state index is -0.996. The van der Waals surface area contributed by atoms with Gasteiger partial charge >= 0.3 is 0 Å². The Morgan fingerprint density at radius 2 is 1.87 bits per heavy atom. The van der Waals surface area contributed by atoms with Crippen LogP contribution in [0.15, 0.2) is 11.6 Å². The summed E-state index contributed by atoms with van der Waals surface area (Å²) in [5.41, 5.74) is -1.06. The van der Waals surface area contributed by atoms with Crippen molar-refractivity contribution in [1.29, 1.82) is 0 Å². The third-order valence-corrected chi connectivity index (χ3v) is 7.83. The van der Waals surface area contributed by atoms with Crippen molar-refractivity contribution in [2.24, 2.45) is 23.2 Å². The molecule has 4 aliphatic rings. The van der Waals surface area contributed by atoms with Crippen molar-refractivity contribution in [1.82, 2.24) is 0 Å². The number of hydrogen-bond acceptors (Lipinski definition) is 3. The molecule has 0 bridgehead atoms. The molecule has 3 heteroatoms. The predicted molar refractivity (Wildman–Crippen MR) is 87.3 cm³/mol. The molecule has 0 aliphatic heterocycles. The monoisotopic (exact) mass is 314 g/mol. The lowest BCUT2D eigenvalue weighted by molar-refractivity contribution is -0.136. The highest BCUT2D eigenvalue weighted by atomic mass is 16.3. The van der Waals surface area contributed by atoms with Gasteiger partial charge in [-0.25, -0.2) is 0 Å². The molecule has 0 saturated heterocycles. The maximum Gasteiger partial charge on any atom is 0.155 e. The van der Waals surface area contributed by atoms with Crippen LogP contribution in [0.3, 0.4) is 0 Å². The summed E-state index contributed by atoms with van der Waals surface area (Å²) in [6.45, 7) is 2.15. The average molecular weight is 314 g/mol. The number of aliphatic hydroxyl groups is 2. The smallest absolute Gasteiger partial charge is 0.155 e. The second-order valence-electron chi connectivity index (χ2n) is 8.48. The number of ketones is 1. The van der Waals surface area contributed by atoms with Gasteiger partial charge in [-0.05, 0) is 74.3 Å². The fourth-order valence-electron chi connectivity index (χ4n) is 6.44. The average Bonchev–Trinajstić information content (AvgIpc) is 2.80. The largest absolute Gasteiger partial charge is 0.385 e. The Hall–Kier alpha value is -1.11. The van der Waals surface area contributed by atoms with Gasteiger partial charge in [0.05, 0.1) is 5.60 Å². The molecule has 3 saturated carbocycles.